The van der Waals surface area contributed by atoms with Gasteiger partial charge in [0.05, 0.1) is 11.1 Å². The number of hydrogen-bond donors (Lipinski definition) is 0. The number of benzene rings is 1. The summed E-state index contributed by atoms with van der Waals surface area (Å²) >= 11 is 11.1. The first kappa shape index (κ1) is 14.8. The normalized spacial score (nSPS) is 13.6. The van der Waals surface area contributed by atoms with Gasteiger partial charge in [-0.3, -0.25) is 0 Å². The molecule has 0 aliphatic heterocycles. The molecule has 4 nitrogen and oxygen atoms in total. The molecule has 6 heteroatoms. The Balaban J connectivity index is 2.74. The Labute approximate surface area is 115 Å². The minimum Gasteiger partial charge on any atom is -0.443 e. The van der Waals surface area contributed by atoms with Crippen molar-refractivity contribution in [3.8, 4) is 0 Å². The van der Waals surface area contributed by atoms with Crippen LogP contribution >= 0.6 is 23.2 Å². The van der Waals surface area contributed by atoms with Gasteiger partial charge in [0.25, 0.3) is 0 Å². The number of alkyl halides is 2. The van der Waals surface area contributed by atoms with E-state index in [-0.39, 0.29) is 0 Å². The molecule has 1 aromatic rings. The summed E-state index contributed by atoms with van der Waals surface area (Å²) < 4.78 is 9.58. The molecule has 0 radical (unpaired) electrons. The highest BCUT2D eigenvalue weighted by atomic mass is 35.5. The summed E-state index contributed by atoms with van der Waals surface area (Å²) in [7, 11) is 0. The van der Waals surface area contributed by atoms with Crippen LogP contribution in [0.1, 0.15) is 34.6 Å². The third-order valence-electron chi connectivity index (χ3n) is 1.90. The molecule has 1 rings (SSSR count). The third kappa shape index (κ3) is 4.55. The van der Waals surface area contributed by atoms with E-state index in [4.69, 9.17) is 32.7 Å². The fraction of sp³-hybridized carbons (Fsp3) is 0.333. The van der Waals surface area contributed by atoms with Gasteiger partial charge in [-0.2, -0.15) is 0 Å². The summed E-state index contributed by atoms with van der Waals surface area (Å²) in [6, 6.07) is 5.82. The summed E-state index contributed by atoms with van der Waals surface area (Å²) in [6.45, 7) is 3.07. The molecular formula is C12H12Cl2O4. The van der Waals surface area contributed by atoms with Crippen LogP contribution in [0.2, 0.25) is 0 Å². The molecule has 0 aliphatic rings. The van der Waals surface area contributed by atoms with Crippen LogP contribution in [0.3, 0.4) is 0 Å². The second-order valence-electron chi connectivity index (χ2n) is 3.47. The zero-order chi connectivity index (χ0) is 13.7. The maximum absolute atomic E-state index is 11.5. The Morgan fingerprint density at radius 2 is 1.17 bits per heavy atom. The second-order valence-corrected chi connectivity index (χ2v) is 4.70. The molecule has 1 aromatic carbocycles. The van der Waals surface area contributed by atoms with E-state index in [0.717, 1.165) is 0 Å². The predicted molar refractivity (Wildman–Crippen MR) is 67.9 cm³/mol. The van der Waals surface area contributed by atoms with Gasteiger partial charge in [-0.05, 0) is 38.1 Å². The van der Waals surface area contributed by atoms with Crippen LogP contribution < -0.4 is 0 Å². The van der Waals surface area contributed by atoms with Crippen molar-refractivity contribution in [2.45, 2.75) is 25.0 Å². The smallest absolute Gasteiger partial charge is 0.339 e. The van der Waals surface area contributed by atoms with Gasteiger partial charge in [0, 0.05) is 0 Å². The average molecular weight is 291 g/mol. The van der Waals surface area contributed by atoms with Gasteiger partial charge in [0.2, 0.25) is 0 Å². The van der Waals surface area contributed by atoms with Crippen LogP contribution in [0, 0.1) is 0 Å². The second kappa shape index (κ2) is 6.61. The van der Waals surface area contributed by atoms with Crippen molar-refractivity contribution in [3.05, 3.63) is 35.4 Å². The first-order chi connectivity index (χ1) is 8.40. The number of esters is 2. The number of carbonyl (C=O) groups is 2. The number of rotatable bonds is 4. The number of hydrogen-bond acceptors (Lipinski definition) is 4. The van der Waals surface area contributed by atoms with Crippen molar-refractivity contribution < 1.29 is 19.1 Å². The maximum Gasteiger partial charge on any atom is 0.339 e. The van der Waals surface area contributed by atoms with Gasteiger partial charge in [0.15, 0.2) is 11.1 Å². The first-order valence-electron chi connectivity index (χ1n) is 5.20. The Hall–Kier alpha value is -1.26. The summed E-state index contributed by atoms with van der Waals surface area (Å²) in [5.41, 5.74) is -0.811. The molecule has 2 atom stereocenters. The standard InChI is InChI=1S/C12H12Cl2O4/c1-7(13)17-11(15)9-3-5-10(6-4-9)12(16)18-8(2)14/h3-8H,1-2H3. The van der Waals surface area contributed by atoms with Crippen molar-refractivity contribution in [1.82, 2.24) is 0 Å². The van der Waals surface area contributed by atoms with Crippen molar-refractivity contribution in [2.75, 3.05) is 0 Å². The van der Waals surface area contributed by atoms with Crippen LogP contribution in [0.4, 0.5) is 0 Å². The monoisotopic (exact) mass is 290 g/mol. The largest absolute Gasteiger partial charge is 0.443 e. The van der Waals surface area contributed by atoms with Gasteiger partial charge < -0.3 is 9.47 Å². The molecule has 0 bridgehead atoms. The molecule has 0 amide bonds. The molecule has 0 saturated carbocycles. The molecule has 0 aromatic heterocycles. The minimum atomic E-state index is -0.709. The van der Waals surface area contributed by atoms with E-state index in [1.54, 1.807) is 0 Å². The molecule has 18 heavy (non-hydrogen) atoms. The lowest BCUT2D eigenvalue weighted by atomic mass is 10.1. The lowest BCUT2D eigenvalue weighted by molar-refractivity contribution is 0.0457. The molecule has 0 saturated heterocycles. The van der Waals surface area contributed by atoms with Crippen molar-refractivity contribution in [1.29, 1.82) is 0 Å². The fourth-order valence-corrected chi connectivity index (χ4v) is 1.34. The number of carbonyl (C=O) groups excluding carboxylic acids is 2. The van der Waals surface area contributed by atoms with Gasteiger partial charge >= 0.3 is 11.9 Å². The SMILES string of the molecule is CC(Cl)OC(=O)c1ccc(C(=O)OC(C)Cl)cc1. The zero-order valence-electron chi connectivity index (χ0n) is 9.85. The van der Waals surface area contributed by atoms with Crippen molar-refractivity contribution >= 4 is 35.1 Å². The Morgan fingerprint density at radius 3 is 1.39 bits per heavy atom. The number of ether oxygens (including phenoxy) is 2. The van der Waals surface area contributed by atoms with E-state index in [0.29, 0.717) is 11.1 Å². The van der Waals surface area contributed by atoms with E-state index >= 15 is 0 Å². The van der Waals surface area contributed by atoms with E-state index in [2.05, 4.69) is 0 Å². The molecule has 0 aliphatic carbocycles. The summed E-state index contributed by atoms with van der Waals surface area (Å²) in [5, 5.41) is 0. The molecular weight excluding hydrogens is 279 g/mol. The maximum atomic E-state index is 11.5. The van der Waals surface area contributed by atoms with Crippen LogP contribution in [0.5, 0.6) is 0 Å². The summed E-state index contributed by atoms with van der Waals surface area (Å²) in [5.74, 6) is -1.11. The summed E-state index contributed by atoms with van der Waals surface area (Å²) in [6.07, 6.45) is 0. The van der Waals surface area contributed by atoms with Gasteiger partial charge in [-0.25, -0.2) is 9.59 Å². The lowest BCUT2D eigenvalue weighted by Crippen LogP contribution is -2.12. The Morgan fingerprint density at radius 1 is 0.889 bits per heavy atom. The lowest BCUT2D eigenvalue weighted by Gasteiger charge is -2.08. The van der Waals surface area contributed by atoms with Gasteiger partial charge in [-0.1, -0.05) is 23.2 Å². The first-order valence-corrected chi connectivity index (χ1v) is 6.07. The topological polar surface area (TPSA) is 52.6 Å². The van der Waals surface area contributed by atoms with Crippen molar-refractivity contribution in [3.63, 3.8) is 0 Å². The Bertz CT molecular complexity index is 385. The van der Waals surface area contributed by atoms with Crippen LogP contribution in [0.25, 0.3) is 0 Å². The van der Waals surface area contributed by atoms with Gasteiger partial charge in [0.1, 0.15) is 0 Å². The summed E-state index contributed by atoms with van der Waals surface area (Å²) in [4.78, 5) is 22.9. The average Bonchev–Trinajstić information content (AvgIpc) is 2.27. The molecule has 0 N–H and O–H groups in total. The van der Waals surface area contributed by atoms with E-state index in [1.165, 1.54) is 38.1 Å². The van der Waals surface area contributed by atoms with Crippen molar-refractivity contribution in [2.24, 2.45) is 0 Å². The predicted octanol–water partition coefficient (Wildman–Crippen LogP) is 3.17. The van der Waals surface area contributed by atoms with Crippen LogP contribution in [0.15, 0.2) is 24.3 Å². The third-order valence-corrected chi connectivity index (χ3v) is 2.07. The van der Waals surface area contributed by atoms with E-state index in [1.807, 2.05) is 0 Å². The minimum absolute atomic E-state index is 0.304. The zero-order valence-corrected chi connectivity index (χ0v) is 11.4. The molecule has 98 valence electrons. The quantitative estimate of drug-likeness (QED) is 0.631. The molecule has 2 unspecified atom stereocenters. The number of halogens is 2. The van der Waals surface area contributed by atoms with Crippen LogP contribution in [-0.2, 0) is 9.47 Å². The Kier molecular flexibility index (Phi) is 5.44. The molecule has 0 fully saturated rings. The van der Waals surface area contributed by atoms with E-state index < -0.39 is 23.1 Å². The highest BCUT2D eigenvalue weighted by molar-refractivity contribution is 6.20. The molecule has 0 heterocycles. The highest BCUT2D eigenvalue weighted by Crippen LogP contribution is 2.11. The fourth-order valence-electron chi connectivity index (χ4n) is 1.17. The van der Waals surface area contributed by atoms with Crippen LogP contribution in [-0.4, -0.2) is 23.1 Å². The molecule has 0 spiro atoms. The highest BCUT2D eigenvalue weighted by Gasteiger charge is 2.13. The van der Waals surface area contributed by atoms with E-state index in [9.17, 15) is 9.59 Å². The van der Waals surface area contributed by atoms with Gasteiger partial charge in [-0.15, -0.1) is 0 Å².